The van der Waals surface area contributed by atoms with Crippen molar-refractivity contribution in [2.45, 2.75) is 52.5 Å². The molecule has 0 N–H and O–H groups in total. The quantitative estimate of drug-likeness (QED) is 0.535. The molecule has 20 heavy (non-hydrogen) atoms. The van der Waals surface area contributed by atoms with Crippen LogP contribution in [0.3, 0.4) is 0 Å². The van der Waals surface area contributed by atoms with Gasteiger partial charge in [0.15, 0.2) is 16.3 Å². The number of hydrogen-bond donors (Lipinski definition) is 0. The Balaban J connectivity index is 0. The van der Waals surface area contributed by atoms with Crippen LogP contribution in [0.4, 0.5) is 13.2 Å². The molecule has 0 fully saturated rings. The molecule has 8 heteroatoms. The predicted octanol–water partition coefficient (Wildman–Crippen LogP) is 2.76. The molecule has 0 spiro atoms. The summed E-state index contributed by atoms with van der Waals surface area (Å²) in [6, 6.07) is 0. The summed E-state index contributed by atoms with van der Waals surface area (Å²) in [6.07, 6.45) is -3.64. The molecular formula is C12H26F3NO3S. The van der Waals surface area contributed by atoms with Crippen LogP contribution in [0.5, 0.6) is 0 Å². The zero-order valence-corrected chi connectivity index (χ0v) is 13.6. The van der Waals surface area contributed by atoms with Gasteiger partial charge in [0.2, 0.25) is 0 Å². The normalized spacial score (nSPS) is 14.4. The van der Waals surface area contributed by atoms with Gasteiger partial charge in [-0.3, -0.25) is 0 Å². The minimum Gasteiger partial charge on any atom is -0.743 e. The maximum Gasteiger partial charge on any atom is 0.364 e. The second-order valence-electron chi connectivity index (χ2n) is 4.50. The molecule has 0 aromatic rings. The molecule has 0 amide bonds. The summed E-state index contributed by atoms with van der Waals surface area (Å²) in [5.41, 5.74) is 0. The molecular weight excluding hydrogens is 295 g/mol. The maximum atomic E-state index is 12.1. The molecule has 0 aliphatic rings. The first-order valence-corrected chi connectivity index (χ1v) is 8.21. The van der Waals surface area contributed by atoms with E-state index in [9.17, 15) is 26.1 Å². The molecule has 0 radical (unpaired) electrons. The number of nitrogens with zero attached hydrogens (tertiary/aromatic N) is 1. The Kier molecular flexibility index (Phi) is 9.70. The molecule has 4 nitrogen and oxygen atoms in total. The van der Waals surface area contributed by atoms with Gasteiger partial charge in [0, 0.05) is 0 Å². The average molecular weight is 321 g/mol. The van der Waals surface area contributed by atoms with Crippen molar-refractivity contribution in [2.24, 2.45) is 0 Å². The minimum atomic E-state index is -5.87. The smallest absolute Gasteiger partial charge is 0.364 e. The lowest BCUT2D eigenvalue weighted by Gasteiger charge is -2.34. The van der Waals surface area contributed by atoms with Crippen LogP contribution in [0.2, 0.25) is 0 Å². The first-order chi connectivity index (χ1) is 8.97. The monoisotopic (exact) mass is 321 g/mol. The summed E-state index contributed by atoms with van der Waals surface area (Å²) >= 11 is 0. The van der Waals surface area contributed by atoms with Gasteiger partial charge in [-0.05, 0) is 34.1 Å². The lowest BCUT2D eigenvalue weighted by molar-refractivity contribution is -0.921. The fourth-order valence-corrected chi connectivity index (χ4v) is 2.22. The third-order valence-electron chi connectivity index (χ3n) is 3.74. The Morgan fingerprint density at radius 1 is 1.00 bits per heavy atom. The van der Waals surface area contributed by atoms with E-state index in [0.29, 0.717) is 0 Å². The zero-order valence-electron chi connectivity index (χ0n) is 12.8. The highest BCUT2D eigenvalue weighted by Gasteiger charge is 2.46. The van der Waals surface area contributed by atoms with Crippen molar-refractivity contribution in [1.29, 1.82) is 0 Å². The van der Waals surface area contributed by atoms with E-state index in [1.807, 2.05) is 0 Å². The summed E-state index contributed by atoms with van der Waals surface area (Å²) < 4.78 is 66.6. The Morgan fingerprint density at radius 3 is 1.35 bits per heavy atom. The Morgan fingerprint density at radius 2 is 1.30 bits per heavy atom. The summed E-state index contributed by atoms with van der Waals surface area (Å²) in [5, 5.41) is -4.80. The molecule has 0 aliphatic heterocycles. The average Bonchev–Trinajstić information content (AvgIpc) is 2.40. The summed E-state index contributed by atoms with van der Waals surface area (Å²) in [5.74, 6) is 0. The first kappa shape index (κ1) is 21.9. The van der Waals surface area contributed by atoms with E-state index < -0.39 is 28.0 Å². The van der Waals surface area contributed by atoms with Crippen molar-refractivity contribution >= 4 is 10.1 Å². The fourth-order valence-electron chi connectivity index (χ4n) is 1.74. The Bertz CT molecular complexity index is 339. The number of halogens is 3. The van der Waals surface area contributed by atoms with Gasteiger partial charge in [0.25, 0.3) is 0 Å². The molecule has 0 aromatic carbocycles. The van der Waals surface area contributed by atoms with Gasteiger partial charge < -0.3 is 9.04 Å². The third-order valence-corrected chi connectivity index (χ3v) is 4.66. The van der Waals surface area contributed by atoms with Crippen LogP contribution in [-0.2, 0) is 10.1 Å². The van der Waals surface area contributed by atoms with E-state index in [1.165, 1.54) is 30.7 Å². The van der Waals surface area contributed by atoms with Crippen LogP contribution in [0.25, 0.3) is 0 Å². The highest BCUT2D eigenvalue weighted by atomic mass is 32.2. The van der Waals surface area contributed by atoms with Gasteiger partial charge in [0.05, 0.1) is 26.2 Å². The van der Waals surface area contributed by atoms with Crippen LogP contribution >= 0.6 is 0 Å². The van der Waals surface area contributed by atoms with Gasteiger partial charge >= 0.3 is 5.25 Å². The molecule has 0 saturated carbocycles. The lowest BCUT2D eigenvalue weighted by atomic mass is 10.3. The van der Waals surface area contributed by atoms with Crippen molar-refractivity contribution in [2.75, 3.05) is 26.2 Å². The van der Waals surface area contributed by atoms with Crippen molar-refractivity contribution < 1.29 is 30.6 Å². The van der Waals surface area contributed by atoms with Crippen molar-refractivity contribution in [1.82, 2.24) is 0 Å². The van der Waals surface area contributed by atoms with Gasteiger partial charge in [-0.15, -0.1) is 0 Å². The SMILES string of the molecule is CCC(F)C(F)(F)S(=O)(=O)[O-].CC[N+](CC)(CC)CC. The van der Waals surface area contributed by atoms with Crippen LogP contribution in [0, 0.1) is 0 Å². The van der Waals surface area contributed by atoms with Crippen LogP contribution in [0.15, 0.2) is 0 Å². The predicted molar refractivity (Wildman–Crippen MR) is 72.3 cm³/mol. The Hall–Kier alpha value is -0.340. The van der Waals surface area contributed by atoms with Crippen LogP contribution < -0.4 is 0 Å². The molecule has 0 aliphatic carbocycles. The fraction of sp³-hybridized carbons (Fsp3) is 1.00. The van der Waals surface area contributed by atoms with E-state index in [1.54, 1.807) is 0 Å². The second-order valence-corrected chi connectivity index (χ2v) is 5.95. The van der Waals surface area contributed by atoms with Gasteiger partial charge in [0.1, 0.15) is 0 Å². The van der Waals surface area contributed by atoms with E-state index >= 15 is 0 Å². The highest BCUT2D eigenvalue weighted by Crippen LogP contribution is 2.28. The molecule has 0 bridgehead atoms. The number of alkyl halides is 3. The lowest BCUT2D eigenvalue weighted by Crippen LogP contribution is -2.47. The molecule has 0 aromatic heterocycles. The van der Waals surface area contributed by atoms with Crippen LogP contribution in [-0.4, -0.2) is 55.1 Å². The summed E-state index contributed by atoms with van der Waals surface area (Å²) in [4.78, 5) is 0. The number of hydrogen-bond acceptors (Lipinski definition) is 3. The molecule has 0 heterocycles. The van der Waals surface area contributed by atoms with Gasteiger partial charge in [-0.25, -0.2) is 12.8 Å². The standard InChI is InChI=1S/C8H20N.C4H7F3O3S/c1-5-9(6-2,7-3)8-4;1-2-3(5)4(6,7)11(8,9)10/h5-8H2,1-4H3;3H,2H2,1H3,(H,8,9,10)/q+1;/p-1. The highest BCUT2D eigenvalue weighted by molar-refractivity contribution is 7.86. The van der Waals surface area contributed by atoms with Crippen LogP contribution in [0.1, 0.15) is 41.0 Å². The van der Waals surface area contributed by atoms with E-state index in [0.717, 1.165) is 6.92 Å². The number of rotatable bonds is 7. The topological polar surface area (TPSA) is 57.2 Å². The first-order valence-electron chi connectivity index (χ1n) is 6.80. The number of quaternary nitrogens is 1. The molecule has 0 saturated heterocycles. The zero-order chi connectivity index (χ0) is 16.6. The summed E-state index contributed by atoms with van der Waals surface area (Å²) in [6.45, 7) is 15.2. The minimum absolute atomic E-state index is 0.714. The van der Waals surface area contributed by atoms with E-state index in [4.69, 9.17) is 0 Å². The van der Waals surface area contributed by atoms with Crippen molar-refractivity contribution in [3.8, 4) is 0 Å². The molecule has 124 valence electrons. The molecule has 1 atom stereocenters. The van der Waals surface area contributed by atoms with Crippen molar-refractivity contribution in [3.63, 3.8) is 0 Å². The van der Waals surface area contributed by atoms with Gasteiger partial charge in [-0.1, -0.05) is 6.92 Å². The summed E-state index contributed by atoms with van der Waals surface area (Å²) in [7, 11) is -5.87. The largest absolute Gasteiger partial charge is 0.743 e. The Labute approximate surface area is 120 Å². The maximum absolute atomic E-state index is 12.1. The second kappa shape index (κ2) is 8.84. The molecule has 0 rings (SSSR count). The van der Waals surface area contributed by atoms with Crippen molar-refractivity contribution in [3.05, 3.63) is 0 Å². The van der Waals surface area contributed by atoms with E-state index in [-0.39, 0.29) is 0 Å². The molecule has 1 unspecified atom stereocenters. The van der Waals surface area contributed by atoms with Gasteiger partial charge in [-0.2, -0.15) is 8.78 Å². The van der Waals surface area contributed by atoms with E-state index in [2.05, 4.69) is 27.7 Å². The third kappa shape index (κ3) is 5.97.